The van der Waals surface area contributed by atoms with Crippen molar-refractivity contribution in [2.45, 2.75) is 37.7 Å². The highest BCUT2D eigenvalue weighted by molar-refractivity contribution is 7.93. The summed E-state index contributed by atoms with van der Waals surface area (Å²) in [6.07, 6.45) is 0. The summed E-state index contributed by atoms with van der Waals surface area (Å²) in [5, 5.41) is 10.9. The SMILES string of the molecule is CC(C)(C)c1ccccc1NS(=O)(=O)c1ccsc1CO. The molecule has 0 aliphatic heterocycles. The maximum Gasteiger partial charge on any atom is 0.263 e. The third kappa shape index (κ3) is 3.45. The minimum Gasteiger partial charge on any atom is -0.391 e. The van der Waals surface area contributed by atoms with E-state index in [0.717, 1.165) is 5.56 Å². The molecular formula is C15H19NO3S2. The number of aliphatic hydroxyl groups excluding tert-OH is 1. The summed E-state index contributed by atoms with van der Waals surface area (Å²) in [6.45, 7) is 5.81. The van der Waals surface area contributed by atoms with Gasteiger partial charge >= 0.3 is 0 Å². The van der Waals surface area contributed by atoms with Gasteiger partial charge in [0.25, 0.3) is 10.0 Å². The molecule has 0 aliphatic rings. The average Bonchev–Trinajstić information content (AvgIpc) is 2.86. The highest BCUT2D eigenvalue weighted by Gasteiger charge is 2.23. The summed E-state index contributed by atoms with van der Waals surface area (Å²) in [7, 11) is -3.70. The number of benzene rings is 1. The number of nitrogens with one attached hydrogen (secondary N) is 1. The van der Waals surface area contributed by atoms with Gasteiger partial charge in [-0.2, -0.15) is 0 Å². The van der Waals surface area contributed by atoms with Crippen LogP contribution >= 0.6 is 11.3 Å². The fourth-order valence-corrected chi connectivity index (χ4v) is 4.49. The number of hydrogen-bond acceptors (Lipinski definition) is 4. The summed E-state index contributed by atoms with van der Waals surface area (Å²) >= 11 is 1.23. The Morgan fingerprint density at radius 1 is 1.19 bits per heavy atom. The Morgan fingerprint density at radius 3 is 2.48 bits per heavy atom. The summed E-state index contributed by atoms with van der Waals surface area (Å²) in [6, 6.07) is 8.87. The van der Waals surface area contributed by atoms with Gasteiger partial charge in [-0.3, -0.25) is 4.72 Å². The zero-order chi connectivity index (χ0) is 15.7. The fourth-order valence-electron chi connectivity index (χ4n) is 2.11. The number of rotatable bonds is 4. The molecular weight excluding hydrogens is 306 g/mol. The van der Waals surface area contributed by atoms with Crippen molar-refractivity contribution in [1.29, 1.82) is 0 Å². The highest BCUT2D eigenvalue weighted by Crippen LogP contribution is 2.31. The number of para-hydroxylation sites is 1. The quantitative estimate of drug-likeness (QED) is 0.906. The van der Waals surface area contributed by atoms with Crippen molar-refractivity contribution < 1.29 is 13.5 Å². The van der Waals surface area contributed by atoms with E-state index in [-0.39, 0.29) is 16.9 Å². The van der Waals surface area contributed by atoms with E-state index in [1.54, 1.807) is 17.5 Å². The topological polar surface area (TPSA) is 66.4 Å². The van der Waals surface area contributed by atoms with Crippen molar-refractivity contribution in [1.82, 2.24) is 0 Å². The molecule has 4 nitrogen and oxygen atoms in total. The molecule has 0 atom stereocenters. The normalized spacial score (nSPS) is 12.4. The predicted octanol–water partition coefficient (Wildman–Crippen LogP) is 3.34. The van der Waals surface area contributed by atoms with E-state index in [0.29, 0.717) is 10.6 Å². The maximum absolute atomic E-state index is 12.5. The fraction of sp³-hybridized carbons (Fsp3) is 0.333. The zero-order valence-corrected chi connectivity index (χ0v) is 13.9. The Bertz CT molecular complexity index is 727. The van der Waals surface area contributed by atoms with Crippen LogP contribution in [0.5, 0.6) is 0 Å². The van der Waals surface area contributed by atoms with Crippen LogP contribution < -0.4 is 4.72 Å². The monoisotopic (exact) mass is 325 g/mol. The predicted molar refractivity (Wildman–Crippen MR) is 86.2 cm³/mol. The summed E-state index contributed by atoms with van der Waals surface area (Å²) in [5.74, 6) is 0. The van der Waals surface area contributed by atoms with Gasteiger partial charge in [0, 0.05) is 0 Å². The first-order chi connectivity index (χ1) is 9.75. The Balaban J connectivity index is 2.43. The Kier molecular flexibility index (Phi) is 4.41. The molecule has 6 heteroatoms. The summed E-state index contributed by atoms with van der Waals surface area (Å²) < 4.78 is 27.7. The number of aliphatic hydroxyl groups is 1. The molecule has 0 bridgehead atoms. The van der Waals surface area contributed by atoms with E-state index in [1.165, 1.54) is 17.4 Å². The molecule has 2 aromatic rings. The smallest absolute Gasteiger partial charge is 0.263 e. The van der Waals surface area contributed by atoms with E-state index in [4.69, 9.17) is 0 Å². The molecule has 1 heterocycles. The van der Waals surface area contributed by atoms with Crippen molar-refractivity contribution in [3.8, 4) is 0 Å². The van der Waals surface area contributed by atoms with Crippen LogP contribution in [0.4, 0.5) is 5.69 Å². The largest absolute Gasteiger partial charge is 0.391 e. The lowest BCUT2D eigenvalue weighted by molar-refractivity contribution is 0.282. The van der Waals surface area contributed by atoms with Crippen LogP contribution in [0.1, 0.15) is 31.2 Å². The molecule has 1 aromatic carbocycles. The van der Waals surface area contributed by atoms with Gasteiger partial charge in [0.2, 0.25) is 0 Å². The lowest BCUT2D eigenvalue weighted by atomic mass is 9.86. The second kappa shape index (κ2) is 5.79. The Hall–Kier alpha value is -1.37. The van der Waals surface area contributed by atoms with Crippen molar-refractivity contribution in [2.24, 2.45) is 0 Å². The lowest BCUT2D eigenvalue weighted by Crippen LogP contribution is -2.19. The molecule has 0 amide bonds. The van der Waals surface area contributed by atoms with Gasteiger partial charge in [-0.25, -0.2) is 8.42 Å². The number of hydrogen-bond donors (Lipinski definition) is 2. The Morgan fingerprint density at radius 2 is 1.86 bits per heavy atom. The van der Waals surface area contributed by atoms with Crippen molar-refractivity contribution in [3.63, 3.8) is 0 Å². The van der Waals surface area contributed by atoms with Crippen LogP contribution in [-0.2, 0) is 22.0 Å². The second-order valence-electron chi connectivity index (χ2n) is 5.77. The number of anilines is 1. The van der Waals surface area contributed by atoms with Gasteiger partial charge < -0.3 is 5.11 Å². The minimum atomic E-state index is -3.70. The molecule has 0 saturated heterocycles. The number of sulfonamides is 1. The van der Waals surface area contributed by atoms with Gasteiger partial charge in [-0.15, -0.1) is 11.3 Å². The van der Waals surface area contributed by atoms with E-state index in [1.807, 2.05) is 32.9 Å². The molecule has 0 spiro atoms. The van der Waals surface area contributed by atoms with Crippen LogP contribution in [0.3, 0.4) is 0 Å². The molecule has 0 saturated carbocycles. The standard InChI is InChI=1S/C15H19NO3S2/c1-15(2,3)11-6-4-5-7-12(11)16-21(18,19)14-8-9-20-13(14)10-17/h4-9,16-17H,10H2,1-3H3. The van der Waals surface area contributed by atoms with E-state index in [9.17, 15) is 13.5 Å². The molecule has 0 fully saturated rings. The van der Waals surface area contributed by atoms with Crippen molar-refractivity contribution in [2.75, 3.05) is 4.72 Å². The van der Waals surface area contributed by atoms with Crippen LogP contribution in [0.15, 0.2) is 40.6 Å². The third-order valence-corrected chi connectivity index (χ3v) is 5.60. The van der Waals surface area contributed by atoms with Crippen LogP contribution in [0.25, 0.3) is 0 Å². The van der Waals surface area contributed by atoms with Crippen LogP contribution in [0, 0.1) is 0 Å². The van der Waals surface area contributed by atoms with Crippen LogP contribution in [0.2, 0.25) is 0 Å². The molecule has 0 unspecified atom stereocenters. The third-order valence-electron chi connectivity index (χ3n) is 3.12. The Labute approximate surface area is 129 Å². The number of thiophene rings is 1. The first kappa shape index (κ1) is 16.0. The van der Waals surface area contributed by atoms with Gasteiger partial charge in [-0.05, 0) is 28.5 Å². The van der Waals surface area contributed by atoms with E-state index < -0.39 is 10.0 Å². The summed E-state index contributed by atoms with van der Waals surface area (Å²) in [5.41, 5.74) is 1.32. The van der Waals surface area contributed by atoms with Crippen molar-refractivity contribution in [3.05, 3.63) is 46.2 Å². The van der Waals surface area contributed by atoms with E-state index in [2.05, 4.69) is 4.72 Å². The lowest BCUT2D eigenvalue weighted by Gasteiger charge is -2.23. The zero-order valence-electron chi connectivity index (χ0n) is 12.3. The molecule has 0 radical (unpaired) electrons. The molecule has 114 valence electrons. The van der Waals surface area contributed by atoms with Gasteiger partial charge in [-0.1, -0.05) is 39.0 Å². The average molecular weight is 325 g/mol. The minimum absolute atomic E-state index is 0.138. The second-order valence-corrected chi connectivity index (χ2v) is 8.42. The van der Waals surface area contributed by atoms with Crippen molar-refractivity contribution >= 4 is 27.0 Å². The van der Waals surface area contributed by atoms with Gasteiger partial charge in [0.15, 0.2) is 0 Å². The molecule has 21 heavy (non-hydrogen) atoms. The highest BCUT2D eigenvalue weighted by atomic mass is 32.2. The summed E-state index contributed by atoms with van der Waals surface area (Å²) in [4.78, 5) is 0.578. The first-order valence-electron chi connectivity index (χ1n) is 6.55. The van der Waals surface area contributed by atoms with Gasteiger partial charge in [0.05, 0.1) is 17.2 Å². The maximum atomic E-state index is 12.5. The van der Waals surface area contributed by atoms with Crippen LogP contribution in [-0.4, -0.2) is 13.5 Å². The molecule has 2 rings (SSSR count). The molecule has 1 aromatic heterocycles. The first-order valence-corrected chi connectivity index (χ1v) is 8.91. The molecule has 0 aliphatic carbocycles. The van der Waals surface area contributed by atoms with Gasteiger partial charge in [0.1, 0.15) is 4.90 Å². The molecule has 2 N–H and O–H groups in total. The van der Waals surface area contributed by atoms with E-state index >= 15 is 0 Å².